The van der Waals surface area contributed by atoms with E-state index in [1.807, 2.05) is 97.1 Å². The van der Waals surface area contributed by atoms with Crippen LogP contribution >= 0.6 is 0 Å². The highest BCUT2D eigenvalue weighted by Gasteiger charge is 2.17. The maximum Gasteiger partial charge on any atom is 0.122 e. The number of phenols is 2. The molecule has 0 bridgehead atoms. The molecule has 290 valence electrons. The van der Waals surface area contributed by atoms with Crippen molar-refractivity contribution in [2.45, 2.75) is 50.7 Å². The maximum absolute atomic E-state index is 10.5. The fourth-order valence-corrected chi connectivity index (χ4v) is 6.28. The molecule has 6 rings (SSSR count). The molecule has 8 heteroatoms. The molecule has 8 nitrogen and oxygen atoms in total. The topological polar surface area (TPSA) is 118 Å². The highest BCUT2D eigenvalue weighted by Crippen LogP contribution is 2.34. The van der Waals surface area contributed by atoms with E-state index in [4.69, 9.17) is 18.9 Å². The highest BCUT2D eigenvalue weighted by molar-refractivity contribution is 5.37. The molecular weight excluding hydrogens is 705 g/mol. The quantitative estimate of drug-likeness (QED) is 0.0649. The molecule has 0 aliphatic rings. The second-order valence-corrected chi connectivity index (χ2v) is 14.2. The molecule has 0 radical (unpaired) electrons. The number of aromatic hydroxyl groups is 2. The number of aliphatic hydroxyl groups excluding tert-OH is 2. The number of aliphatic hydroxyl groups is 2. The van der Waals surface area contributed by atoms with Gasteiger partial charge in [-0.3, -0.25) is 0 Å². The molecular formula is C48H50O8. The maximum atomic E-state index is 10.5. The van der Waals surface area contributed by atoms with Crippen LogP contribution in [0.1, 0.15) is 59.1 Å². The van der Waals surface area contributed by atoms with Crippen LogP contribution in [0.4, 0.5) is 0 Å². The van der Waals surface area contributed by atoms with E-state index < -0.39 is 12.2 Å². The van der Waals surface area contributed by atoms with Gasteiger partial charge < -0.3 is 39.4 Å². The van der Waals surface area contributed by atoms with Gasteiger partial charge in [-0.05, 0) is 131 Å². The van der Waals surface area contributed by atoms with Crippen molar-refractivity contribution in [2.24, 2.45) is 0 Å². The Bertz CT molecular complexity index is 1890. The summed E-state index contributed by atoms with van der Waals surface area (Å²) in [6, 6.07) is 45.9. The van der Waals surface area contributed by atoms with E-state index in [1.165, 1.54) is 11.1 Å². The van der Waals surface area contributed by atoms with Gasteiger partial charge >= 0.3 is 0 Å². The van der Waals surface area contributed by atoms with Gasteiger partial charge in [0, 0.05) is 0 Å². The van der Waals surface area contributed by atoms with Crippen LogP contribution in [-0.4, -0.2) is 59.1 Å². The summed E-state index contributed by atoms with van der Waals surface area (Å²) in [7, 11) is 0. The van der Waals surface area contributed by atoms with Crippen molar-refractivity contribution in [3.8, 4) is 34.5 Å². The minimum atomic E-state index is -0.790. The molecule has 4 unspecified atom stereocenters. The lowest BCUT2D eigenvalue weighted by Gasteiger charge is -2.22. The number of hydrogen-bond acceptors (Lipinski definition) is 8. The normalized spacial score (nSPS) is 13.3. The van der Waals surface area contributed by atoms with Crippen LogP contribution in [0.25, 0.3) is 0 Å². The predicted molar refractivity (Wildman–Crippen MR) is 218 cm³/mol. The van der Waals surface area contributed by atoms with Gasteiger partial charge in [0.25, 0.3) is 0 Å². The molecule has 4 atom stereocenters. The van der Waals surface area contributed by atoms with E-state index in [0.29, 0.717) is 23.0 Å². The third-order valence-corrected chi connectivity index (χ3v) is 9.87. The molecule has 6 aromatic rings. The van der Waals surface area contributed by atoms with Crippen molar-refractivity contribution >= 4 is 0 Å². The number of phenolic OH excluding ortho intramolecular Hbond substituents is 2. The van der Waals surface area contributed by atoms with Gasteiger partial charge in [-0.1, -0.05) is 86.6 Å². The standard InChI is InChI=1S/C48H50O8/c1-33(39-11-23-47(24-12-39)55-31-43(51)29-53-45-19-7-37(8-20-45)27-35-3-15-41(49)16-4-35)34(2)40-13-25-48(26-14-40)56-32-44(52)30-54-46-21-9-38(10-22-46)28-36-5-17-42(50)18-6-36/h3-26,33-34,43-44,49-52H,27-32H2,1-2H3. The van der Waals surface area contributed by atoms with Crippen molar-refractivity contribution in [1.29, 1.82) is 0 Å². The smallest absolute Gasteiger partial charge is 0.122 e. The molecule has 4 N–H and O–H groups in total. The zero-order valence-electron chi connectivity index (χ0n) is 31.8. The SMILES string of the molecule is CC(c1ccc(OCC(O)COc2ccc(Cc3ccc(O)cc3)cc2)cc1)C(C)c1ccc(OCC(O)COc2ccc(Cc3ccc(O)cc3)cc2)cc1. The van der Waals surface area contributed by atoms with Crippen LogP contribution in [0.3, 0.4) is 0 Å². The van der Waals surface area contributed by atoms with E-state index in [9.17, 15) is 20.4 Å². The van der Waals surface area contributed by atoms with Crippen molar-refractivity contribution in [1.82, 2.24) is 0 Å². The van der Waals surface area contributed by atoms with E-state index in [1.54, 1.807) is 24.3 Å². The molecule has 56 heavy (non-hydrogen) atoms. The van der Waals surface area contributed by atoms with Gasteiger partial charge in [0.05, 0.1) is 0 Å². The molecule has 0 saturated heterocycles. The van der Waals surface area contributed by atoms with Crippen LogP contribution in [0.2, 0.25) is 0 Å². The largest absolute Gasteiger partial charge is 0.508 e. The molecule has 0 saturated carbocycles. The second kappa shape index (κ2) is 19.6. The summed E-state index contributed by atoms with van der Waals surface area (Å²) in [5, 5.41) is 39.9. The van der Waals surface area contributed by atoms with Crippen molar-refractivity contribution in [3.05, 3.63) is 179 Å². The first-order valence-electron chi connectivity index (χ1n) is 19.0. The lowest BCUT2D eigenvalue weighted by molar-refractivity contribution is 0.0626. The zero-order valence-corrected chi connectivity index (χ0v) is 31.8. The summed E-state index contributed by atoms with van der Waals surface area (Å²) in [5.41, 5.74) is 6.83. The first-order valence-corrected chi connectivity index (χ1v) is 19.0. The second-order valence-electron chi connectivity index (χ2n) is 14.2. The Hall–Kier alpha value is -5.96. The molecule has 0 aliphatic heterocycles. The van der Waals surface area contributed by atoms with Crippen LogP contribution in [0.5, 0.6) is 34.5 Å². The molecule has 0 aliphatic carbocycles. The summed E-state index contributed by atoms with van der Waals surface area (Å²) in [5.74, 6) is 3.70. The van der Waals surface area contributed by atoms with Crippen LogP contribution in [0, 0.1) is 0 Å². The predicted octanol–water partition coefficient (Wildman–Crippen LogP) is 8.82. The van der Waals surface area contributed by atoms with Crippen molar-refractivity contribution in [2.75, 3.05) is 26.4 Å². The Morgan fingerprint density at radius 2 is 0.589 bits per heavy atom. The lowest BCUT2D eigenvalue weighted by Crippen LogP contribution is -2.25. The molecule has 6 aromatic carbocycles. The third-order valence-electron chi connectivity index (χ3n) is 9.87. The molecule has 0 amide bonds. The summed E-state index contributed by atoms with van der Waals surface area (Å²) in [6.07, 6.45) is -0.0721. The summed E-state index contributed by atoms with van der Waals surface area (Å²) < 4.78 is 23.3. The monoisotopic (exact) mass is 754 g/mol. The lowest BCUT2D eigenvalue weighted by atomic mass is 9.84. The molecule has 0 spiro atoms. The third kappa shape index (κ3) is 12.0. The number of ether oxygens (including phenoxy) is 4. The summed E-state index contributed by atoms with van der Waals surface area (Å²) >= 11 is 0. The van der Waals surface area contributed by atoms with Crippen LogP contribution in [-0.2, 0) is 12.8 Å². The minimum Gasteiger partial charge on any atom is -0.508 e. The average Bonchev–Trinajstić information content (AvgIpc) is 3.23. The van der Waals surface area contributed by atoms with Crippen molar-refractivity contribution < 1.29 is 39.4 Å². The van der Waals surface area contributed by atoms with Gasteiger partial charge in [0.2, 0.25) is 0 Å². The Morgan fingerprint density at radius 3 is 0.857 bits per heavy atom. The zero-order chi connectivity index (χ0) is 39.3. The molecule has 0 aromatic heterocycles. The van der Waals surface area contributed by atoms with E-state index in [-0.39, 0.29) is 49.8 Å². The minimum absolute atomic E-state index is 0.111. The Kier molecular flexibility index (Phi) is 13.9. The van der Waals surface area contributed by atoms with Crippen LogP contribution in [0.15, 0.2) is 146 Å². The fraction of sp³-hybridized carbons (Fsp3) is 0.250. The van der Waals surface area contributed by atoms with Gasteiger partial charge in [-0.15, -0.1) is 0 Å². The highest BCUT2D eigenvalue weighted by atomic mass is 16.5. The van der Waals surface area contributed by atoms with E-state index >= 15 is 0 Å². The van der Waals surface area contributed by atoms with Gasteiger partial charge in [0.15, 0.2) is 0 Å². The number of benzene rings is 6. The number of rotatable bonds is 19. The van der Waals surface area contributed by atoms with Gasteiger partial charge in [-0.2, -0.15) is 0 Å². The first-order chi connectivity index (χ1) is 27.2. The van der Waals surface area contributed by atoms with E-state index in [0.717, 1.165) is 35.1 Å². The molecule has 0 fully saturated rings. The summed E-state index contributed by atoms with van der Waals surface area (Å²) in [4.78, 5) is 0. The Balaban J connectivity index is 0.877. The van der Waals surface area contributed by atoms with Gasteiger partial charge in [-0.25, -0.2) is 0 Å². The fourth-order valence-electron chi connectivity index (χ4n) is 6.28. The first kappa shape index (κ1) is 39.7. The van der Waals surface area contributed by atoms with Crippen molar-refractivity contribution in [3.63, 3.8) is 0 Å². The van der Waals surface area contributed by atoms with E-state index in [2.05, 4.69) is 38.1 Å². The van der Waals surface area contributed by atoms with Gasteiger partial charge in [0.1, 0.15) is 73.1 Å². The summed E-state index contributed by atoms with van der Waals surface area (Å²) in [6.45, 7) is 4.85. The Labute approximate surface area is 329 Å². The average molecular weight is 755 g/mol. The number of hydrogen-bond donors (Lipinski definition) is 4. The molecule has 0 heterocycles. The Morgan fingerprint density at radius 1 is 0.357 bits per heavy atom. The van der Waals surface area contributed by atoms with Crippen LogP contribution < -0.4 is 18.9 Å².